The van der Waals surface area contributed by atoms with Crippen LogP contribution in [0.15, 0.2) is 12.2 Å². The average molecular weight is 136 g/mol. The summed E-state index contributed by atoms with van der Waals surface area (Å²) in [7, 11) is 0. The molecule has 4 atom stereocenters. The fourth-order valence-corrected chi connectivity index (χ4v) is 2.65. The van der Waals surface area contributed by atoms with Crippen molar-refractivity contribution in [2.45, 2.75) is 26.7 Å². The maximum Gasteiger partial charge on any atom is -0.0174 e. The van der Waals surface area contributed by atoms with Crippen molar-refractivity contribution in [3.05, 3.63) is 12.2 Å². The van der Waals surface area contributed by atoms with Gasteiger partial charge in [0.2, 0.25) is 0 Å². The van der Waals surface area contributed by atoms with Crippen LogP contribution in [-0.4, -0.2) is 0 Å². The molecule has 0 saturated heterocycles. The van der Waals surface area contributed by atoms with Gasteiger partial charge in [-0.05, 0) is 36.5 Å². The molecule has 2 rings (SSSR count). The van der Waals surface area contributed by atoms with E-state index in [0.717, 1.165) is 23.7 Å². The topological polar surface area (TPSA) is 0 Å². The standard InChI is InChI=1S/C10H16/c1-7-8(2)10-6-4-3-5-9(7)10/h3,5,7-10H,4,6H2,1-2H3. The van der Waals surface area contributed by atoms with Crippen LogP contribution in [0.1, 0.15) is 26.7 Å². The van der Waals surface area contributed by atoms with E-state index in [1.165, 1.54) is 12.8 Å². The van der Waals surface area contributed by atoms with Gasteiger partial charge in [-0.15, -0.1) is 0 Å². The predicted molar refractivity (Wildman–Crippen MR) is 43.7 cm³/mol. The van der Waals surface area contributed by atoms with Gasteiger partial charge >= 0.3 is 0 Å². The largest absolute Gasteiger partial charge is 0.0882 e. The van der Waals surface area contributed by atoms with E-state index >= 15 is 0 Å². The van der Waals surface area contributed by atoms with Gasteiger partial charge in [0, 0.05) is 0 Å². The van der Waals surface area contributed by atoms with Gasteiger partial charge in [0.05, 0.1) is 0 Å². The third kappa shape index (κ3) is 0.680. The molecule has 2 aliphatic rings. The Labute approximate surface area is 63.3 Å². The highest BCUT2D eigenvalue weighted by Crippen LogP contribution is 2.50. The zero-order valence-corrected chi connectivity index (χ0v) is 6.88. The predicted octanol–water partition coefficient (Wildman–Crippen LogP) is 2.85. The van der Waals surface area contributed by atoms with Crippen LogP contribution >= 0.6 is 0 Å². The molecular weight excluding hydrogens is 120 g/mol. The van der Waals surface area contributed by atoms with Crippen LogP contribution in [0.3, 0.4) is 0 Å². The molecule has 0 bridgehead atoms. The lowest BCUT2D eigenvalue weighted by Gasteiger charge is -2.50. The summed E-state index contributed by atoms with van der Waals surface area (Å²) in [6, 6.07) is 0. The SMILES string of the molecule is CC1C(C)C2CCC=CC12. The highest BCUT2D eigenvalue weighted by Gasteiger charge is 2.43. The first kappa shape index (κ1) is 6.45. The average Bonchev–Trinajstić information content (AvgIpc) is 2.03. The van der Waals surface area contributed by atoms with Gasteiger partial charge in [-0.3, -0.25) is 0 Å². The Kier molecular flexibility index (Phi) is 1.36. The van der Waals surface area contributed by atoms with Gasteiger partial charge < -0.3 is 0 Å². The summed E-state index contributed by atoms with van der Waals surface area (Å²) in [4.78, 5) is 0. The van der Waals surface area contributed by atoms with E-state index in [1.807, 2.05) is 0 Å². The molecule has 1 fully saturated rings. The van der Waals surface area contributed by atoms with Crippen molar-refractivity contribution in [1.82, 2.24) is 0 Å². The summed E-state index contributed by atoms with van der Waals surface area (Å²) in [6.45, 7) is 4.80. The molecule has 0 heterocycles. The van der Waals surface area contributed by atoms with Crippen LogP contribution in [0.25, 0.3) is 0 Å². The number of allylic oxidation sites excluding steroid dienone is 2. The number of fused-ring (bicyclic) bond motifs is 1. The molecule has 0 amide bonds. The summed E-state index contributed by atoms with van der Waals surface area (Å²) >= 11 is 0. The highest BCUT2D eigenvalue weighted by atomic mass is 14.5. The molecule has 0 radical (unpaired) electrons. The van der Waals surface area contributed by atoms with Crippen molar-refractivity contribution in [3.8, 4) is 0 Å². The summed E-state index contributed by atoms with van der Waals surface area (Å²) in [5.74, 6) is 3.94. The molecule has 0 aromatic carbocycles. The van der Waals surface area contributed by atoms with Crippen LogP contribution in [0.5, 0.6) is 0 Å². The second kappa shape index (κ2) is 2.11. The molecule has 2 aliphatic carbocycles. The highest BCUT2D eigenvalue weighted by molar-refractivity contribution is 5.07. The molecule has 0 heteroatoms. The maximum atomic E-state index is 2.44. The Morgan fingerprint density at radius 2 is 2.00 bits per heavy atom. The molecule has 0 nitrogen and oxygen atoms in total. The molecule has 10 heavy (non-hydrogen) atoms. The molecule has 0 spiro atoms. The third-order valence-electron chi connectivity index (χ3n) is 3.63. The van der Waals surface area contributed by atoms with Gasteiger partial charge in [0.15, 0.2) is 0 Å². The molecule has 0 aliphatic heterocycles. The Bertz CT molecular complexity index is 157. The van der Waals surface area contributed by atoms with Crippen LogP contribution in [-0.2, 0) is 0 Å². The van der Waals surface area contributed by atoms with E-state index in [4.69, 9.17) is 0 Å². The lowest BCUT2D eigenvalue weighted by atomic mass is 9.55. The van der Waals surface area contributed by atoms with Gasteiger partial charge in [-0.1, -0.05) is 26.0 Å². The minimum absolute atomic E-state index is 0.948. The summed E-state index contributed by atoms with van der Waals surface area (Å²) in [5.41, 5.74) is 0. The van der Waals surface area contributed by atoms with Crippen LogP contribution in [0.4, 0.5) is 0 Å². The second-order valence-corrected chi connectivity index (χ2v) is 3.96. The zero-order valence-electron chi connectivity index (χ0n) is 6.88. The Hall–Kier alpha value is -0.260. The van der Waals surface area contributed by atoms with E-state index < -0.39 is 0 Å². The maximum absolute atomic E-state index is 2.44. The van der Waals surface area contributed by atoms with Crippen LogP contribution in [0.2, 0.25) is 0 Å². The monoisotopic (exact) mass is 136 g/mol. The van der Waals surface area contributed by atoms with Crippen LogP contribution in [0, 0.1) is 23.7 Å². The number of rotatable bonds is 0. The Morgan fingerprint density at radius 1 is 1.20 bits per heavy atom. The van der Waals surface area contributed by atoms with Crippen molar-refractivity contribution in [3.63, 3.8) is 0 Å². The number of hydrogen-bond donors (Lipinski definition) is 0. The molecule has 0 N–H and O–H groups in total. The summed E-state index contributed by atoms with van der Waals surface area (Å²) < 4.78 is 0. The molecule has 56 valence electrons. The zero-order chi connectivity index (χ0) is 7.14. The first-order valence-electron chi connectivity index (χ1n) is 4.47. The first-order valence-corrected chi connectivity index (χ1v) is 4.47. The second-order valence-electron chi connectivity index (χ2n) is 3.96. The van der Waals surface area contributed by atoms with Crippen molar-refractivity contribution in [2.75, 3.05) is 0 Å². The van der Waals surface area contributed by atoms with Gasteiger partial charge in [0.1, 0.15) is 0 Å². The molecule has 4 unspecified atom stereocenters. The van der Waals surface area contributed by atoms with Gasteiger partial charge in [-0.2, -0.15) is 0 Å². The van der Waals surface area contributed by atoms with Crippen LogP contribution < -0.4 is 0 Å². The summed E-state index contributed by atoms with van der Waals surface area (Å²) in [6.07, 6.45) is 7.59. The minimum Gasteiger partial charge on any atom is -0.0882 e. The Balaban J connectivity index is 2.11. The third-order valence-corrected chi connectivity index (χ3v) is 3.63. The summed E-state index contributed by atoms with van der Waals surface area (Å²) in [5, 5.41) is 0. The van der Waals surface area contributed by atoms with E-state index in [0.29, 0.717) is 0 Å². The number of hydrogen-bond acceptors (Lipinski definition) is 0. The Morgan fingerprint density at radius 3 is 2.70 bits per heavy atom. The van der Waals surface area contributed by atoms with E-state index in [9.17, 15) is 0 Å². The van der Waals surface area contributed by atoms with E-state index in [2.05, 4.69) is 26.0 Å². The van der Waals surface area contributed by atoms with Gasteiger partial charge in [0.25, 0.3) is 0 Å². The van der Waals surface area contributed by atoms with Crippen molar-refractivity contribution in [1.29, 1.82) is 0 Å². The van der Waals surface area contributed by atoms with Crippen molar-refractivity contribution >= 4 is 0 Å². The van der Waals surface area contributed by atoms with Crippen molar-refractivity contribution in [2.24, 2.45) is 23.7 Å². The van der Waals surface area contributed by atoms with Crippen molar-refractivity contribution < 1.29 is 0 Å². The first-order chi connectivity index (χ1) is 4.80. The smallest absolute Gasteiger partial charge is 0.0174 e. The minimum atomic E-state index is 0.948. The fraction of sp³-hybridized carbons (Fsp3) is 0.800. The lowest BCUT2D eigenvalue weighted by Crippen LogP contribution is -2.43. The fourth-order valence-electron chi connectivity index (χ4n) is 2.65. The molecule has 0 aromatic heterocycles. The van der Waals surface area contributed by atoms with E-state index in [-0.39, 0.29) is 0 Å². The molecule has 1 saturated carbocycles. The lowest BCUT2D eigenvalue weighted by molar-refractivity contribution is 0.0252. The molecular formula is C10H16. The van der Waals surface area contributed by atoms with E-state index in [1.54, 1.807) is 0 Å². The molecule has 0 aromatic rings. The normalized spacial score (nSPS) is 51.8. The quantitative estimate of drug-likeness (QED) is 0.449. The van der Waals surface area contributed by atoms with Gasteiger partial charge in [-0.25, -0.2) is 0 Å².